The maximum Gasteiger partial charge on any atom is 0.234 e. The minimum Gasteiger partial charge on any atom is -0.409 e. The standard InChI is InChI=1S/C12H21N3O3/c1-8-6-12(7-8,10(13)15-17)11(16)14-9-2-4-18-5-3-9/h8-9,17H,2-7H2,1H3,(H2,13,15)(H,14,16). The summed E-state index contributed by atoms with van der Waals surface area (Å²) in [5.74, 6) is 0.360. The number of nitrogens with one attached hydrogen (secondary N) is 1. The van der Waals surface area contributed by atoms with Crippen molar-refractivity contribution in [2.75, 3.05) is 13.2 Å². The fourth-order valence-electron chi connectivity index (χ4n) is 2.90. The topological polar surface area (TPSA) is 96.9 Å². The van der Waals surface area contributed by atoms with Gasteiger partial charge in [-0.2, -0.15) is 0 Å². The van der Waals surface area contributed by atoms with Crippen LogP contribution >= 0.6 is 0 Å². The van der Waals surface area contributed by atoms with Crippen LogP contribution in [0.1, 0.15) is 32.6 Å². The van der Waals surface area contributed by atoms with E-state index >= 15 is 0 Å². The number of amides is 1. The van der Waals surface area contributed by atoms with Crippen molar-refractivity contribution in [1.29, 1.82) is 0 Å². The van der Waals surface area contributed by atoms with Crippen molar-refractivity contribution in [3.63, 3.8) is 0 Å². The van der Waals surface area contributed by atoms with E-state index in [1.54, 1.807) is 0 Å². The second kappa shape index (κ2) is 5.14. The molecule has 2 rings (SSSR count). The molecule has 4 N–H and O–H groups in total. The van der Waals surface area contributed by atoms with Crippen molar-refractivity contribution in [2.45, 2.75) is 38.6 Å². The Hall–Kier alpha value is -1.30. The highest BCUT2D eigenvalue weighted by atomic mass is 16.5. The SMILES string of the molecule is CC1CC(C(=O)NC2CCOCC2)(C(N)=NO)C1. The summed E-state index contributed by atoms with van der Waals surface area (Å²) < 4.78 is 5.25. The third-order valence-electron chi connectivity index (χ3n) is 3.98. The molecule has 0 aromatic rings. The molecule has 2 fully saturated rings. The summed E-state index contributed by atoms with van der Waals surface area (Å²) in [7, 11) is 0. The minimum absolute atomic E-state index is 0.0326. The second-order valence-electron chi connectivity index (χ2n) is 5.44. The highest BCUT2D eigenvalue weighted by molar-refractivity contribution is 6.07. The van der Waals surface area contributed by atoms with Crippen molar-refractivity contribution < 1.29 is 14.7 Å². The van der Waals surface area contributed by atoms with Gasteiger partial charge in [-0.25, -0.2) is 0 Å². The first-order chi connectivity index (χ1) is 8.58. The Morgan fingerprint density at radius 1 is 1.44 bits per heavy atom. The monoisotopic (exact) mass is 255 g/mol. The zero-order chi connectivity index (χ0) is 13.2. The lowest BCUT2D eigenvalue weighted by atomic mass is 9.61. The first kappa shape index (κ1) is 13.1. The molecule has 0 radical (unpaired) electrons. The highest BCUT2D eigenvalue weighted by Gasteiger charge is 2.52. The van der Waals surface area contributed by atoms with Gasteiger partial charge in [0.05, 0.1) is 0 Å². The molecule has 2 aliphatic rings. The molecule has 1 aliphatic carbocycles. The fourth-order valence-corrected chi connectivity index (χ4v) is 2.90. The molecule has 1 saturated carbocycles. The van der Waals surface area contributed by atoms with Crippen LogP contribution in [0.4, 0.5) is 0 Å². The molecule has 1 saturated heterocycles. The minimum atomic E-state index is -0.799. The molecule has 0 unspecified atom stereocenters. The molecular formula is C12H21N3O3. The van der Waals surface area contributed by atoms with Gasteiger partial charge in [0.15, 0.2) is 5.84 Å². The van der Waals surface area contributed by atoms with Gasteiger partial charge in [-0.3, -0.25) is 4.79 Å². The third kappa shape index (κ3) is 2.29. The molecule has 1 heterocycles. The van der Waals surface area contributed by atoms with E-state index in [1.165, 1.54) is 0 Å². The number of carbonyl (C=O) groups is 1. The van der Waals surface area contributed by atoms with Crippen LogP contribution in [-0.2, 0) is 9.53 Å². The lowest BCUT2D eigenvalue weighted by Crippen LogP contribution is -2.58. The Bertz CT molecular complexity index is 344. The first-order valence-electron chi connectivity index (χ1n) is 6.45. The molecule has 6 nitrogen and oxygen atoms in total. The summed E-state index contributed by atoms with van der Waals surface area (Å²) in [4.78, 5) is 12.3. The molecule has 0 spiro atoms. The molecule has 102 valence electrons. The van der Waals surface area contributed by atoms with Gasteiger partial charge in [0.25, 0.3) is 0 Å². The van der Waals surface area contributed by atoms with E-state index in [-0.39, 0.29) is 17.8 Å². The predicted molar refractivity (Wildman–Crippen MR) is 66.2 cm³/mol. The molecule has 18 heavy (non-hydrogen) atoms. The number of rotatable bonds is 3. The lowest BCUT2D eigenvalue weighted by Gasteiger charge is -2.44. The quantitative estimate of drug-likeness (QED) is 0.295. The van der Waals surface area contributed by atoms with Gasteiger partial charge in [0.1, 0.15) is 5.41 Å². The summed E-state index contributed by atoms with van der Waals surface area (Å²) in [6, 6.07) is 0.144. The number of nitrogens with two attached hydrogens (primary N) is 1. The summed E-state index contributed by atoms with van der Waals surface area (Å²) >= 11 is 0. The summed E-state index contributed by atoms with van der Waals surface area (Å²) in [6.45, 7) is 3.42. The maximum atomic E-state index is 12.3. The Morgan fingerprint density at radius 3 is 2.56 bits per heavy atom. The smallest absolute Gasteiger partial charge is 0.234 e. The van der Waals surface area contributed by atoms with E-state index in [1.807, 2.05) is 0 Å². The number of amidine groups is 1. The molecule has 1 aliphatic heterocycles. The Balaban J connectivity index is 2.00. The van der Waals surface area contributed by atoms with E-state index in [4.69, 9.17) is 15.7 Å². The van der Waals surface area contributed by atoms with Crippen LogP contribution in [0.3, 0.4) is 0 Å². The average Bonchev–Trinajstić information content (AvgIpc) is 2.34. The van der Waals surface area contributed by atoms with Gasteiger partial charge in [0.2, 0.25) is 5.91 Å². The Labute approximate surface area is 107 Å². The van der Waals surface area contributed by atoms with Gasteiger partial charge in [0, 0.05) is 19.3 Å². The fraction of sp³-hybridized carbons (Fsp3) is 0.833. The zero-order valence-corrected chi connectivity index (χ0v) is 10.7. The average molecular weight is 255 g/mol. The summed E-state index contributed by atoms with van der Waals surface area (Å²) in [5.41, 5.74) is 4.90. The Morgan fingerprint density at radius 2 is 2.06 bits per heavy atom. The van der Waals surface area contributed by atoms with Crippen molar-refractivity contribution in [3.8, 4) is 0 Å². The van der Waals surface area contributed by atoms with Crippen LogP contribution in [0.2, 0.25) is 0 Å². The van der Waals surface area contributed by atoms with Crippen molar-refractivity contribution >= 4 is 11.7 Å². The molecule has 0 bridgehead atoms. The lowest BCUT2D eigenvalue weighted by molar-refractivity contribution is -0.134. The molecular weight excluding hydrogens is 234 g/mol. The highest BCUT2D eigenvalue weighted by Crippen LogP contribution is 2.46. The molecule has 0 atom stereocenters. The van der Waals surface area contributed by atoms with Gasteiger partial charge >= 0.3 is 0 Å². The predicted octanol–water partition coefficient (Wildman–Crippen LogP) is 0.444. The van der Waals surface area contributed by atoms with Crippen molar-refractivity contribution in [3.05, 3.63) is 0 Å². The third-order valence-corrected chi connectivity index (χ3v) is 3.98. The molecule has 0 aromatic heterocycles. The maximum absolute atomic E-state index is 12.3. The number of carbonyl (C=O) groups excluding carboxylic acids is 1. The van der Waals surface area contributed by atoms with Crippen LogP contribution in [0, 0.1) is 11.3 Å². The first-order valence-corrected chi connectivity index (χ1v) is 6.45. The number of ether oxygens (including phenoxy) is 1. The van der Waals surface area contributed by atoms with E-state index in [2.05, 4.69) is 17.4 Å². The largest absolute Gasteiger partial charge is 0.409 e. The van der Waals surface area contributed by atoms with Crippen molar-refractivity contribution in [1.82, 2.24) is 5.32 Å². The number of hydrogen-bond acceptors (Lipinski definition) is 4. The van der Waals surface area contributed by atoms with Crippen LogP contribution in [-0.4, -0.2) is 36.2 Å². The van der Waals surface area contributed by atoms with E-state index < -0.39 is 5.41 Å². The van der Waals surface area contributed by atoms with Crippen molar-refractivity contribution in [2.24, 2.45) is 22.2 Å². The van der Waals surface area contributed by atoms with Gasteiger partial charge < -0.3 is 21.0 Å². The van der Waals surface area contributed by atoms with Crippen LogP contribution in [0.5, 0.6) is 0 Å². The van der Waals surface area contributed by atoms with E-state index in [0.29, 0.717) is 32.0 Å². The van der Waals surface area contributed by atoms with Crippen LogP contribution in [0.15, 0.2) is 5.16 Å². The number of oxime groups is 1. The zero-order valence-electron chi connectivity index (χ0n) is 10.7. The molecule has 1 amide bonds. The van der Waals surface area contributed by atoms with Gasteiger partial charge in [-0.1, -0.05) is 12.1 Å². The van der Waals surface area contributed by atoms with E-state index in [0.717, 1.165) is 12.8 Å². The van der Waals surface area contributed by atoms with Crippen LogP contribution < -0.4 is 11.1 Å². The summed E-state index contributed by atoms with van der Waals surface area (Å²) in [6.07, 6.45) is 2.96. The van der Waals surface area contributed by atoms with Gasteiger partial charge in [-0.05, 0) is 31.6 Å². The number of nitrogens with zero attached hydrogens (tertiary/aromatic N) is 1. The Kier molecular flexibility index (Phi) is 3.75. The molecule has 0 aromatic carbocycles. The van der Waals surface area contributed by atoms with Gasteiger partial charge in [-0.15, -0.1) is 0 Å². The van der Waals surface area contributed by atoms with Crippen LogP contribution in [0.25, 0.3) is 0 Å². The second-order valence-corrected chi connectivity index (χ2v) is 5.44. The summed E-state index contributed by atoms with van der Waals surface area (Å²) in [5, 5.41) is 14.9. The normalized spacial score (nSPS) is 33.8. The van der Waals surface area contributed by atoms with E-state index in [9.17, 15) is 4.79 Å². The molecule has 6 heteroatoms. The number of hydrogen-bond donors (Lipinski definition) is 3.